The minimum atomic E-state index is -0.533. The number of anilines is 1. The number of hydrogen-bond donors (Lipinski definition) is 1. The highest BCUT2D eigenvalue weighted by molar-refractivity contribution is 9.10. The first-order valence-electron chi connectivity index (χ1n) is 8.70. The van der Waals surface area contributed by atoms with Crippen molar-refractivity contribution in [3.05, 3.63) is 75.4 Å². The number of hydrogen-bond acceptors (Lipinski definition) is 3. The Morgan fingerprint density at radius 1 is 1.11 bits per heavy atom. The van der Waals surface area contributed by atoms with Crippen LogP contribution in [0.5, 0.6) is 0 Å². The summed E-state index contributed by atoms with van der Waals surface area (Å²) < 4.78 is 2.62. The minimum Gasteiger partial charge on any atom is -0.310 e. The van der Waals surface area contributed by atoms with Gasteiger partial charge in [0.25, 0.3) is 0 Å². The van der Waals surface area contributed by atoms with Gasteiger partial charge in [-0.1, -0.05) is 45.8 Å². The number of halogens is 1. The first kappa shape index (κ1) is 17.7. The Balaban J connectivity index is 1.80. The fourth-order valence-electron chi connectivity index (χ4n) is 3.46. The van der Waals surface area contributed by atoms with E-state index in [1.165, 1.54) is 0 Å². The monoisotopic (exact) mass is 423 g/mol. The molecule has 0 radical (unpaired) electrons. The van der Waals surface area contributed by atoms with E-state index in [0.717, 1.165) is 27.0 Å². The molecule has 0 fully saturated rings. The van der Waals surface area contributed by atoms with Gasteiger partial charge in [-0.2, -0.15) is 5.10 Å². The zero-order valence-electron chi connectivity index (χ0n) is 15.0. The highest BCUT2D eigenvalue weighted by Crippen LogP contribution is 2.38. The van der Waals surface area contributed by atoms with Crippen LogP contribution in [0.3, 0.4) is 0 Å². The largest absolute Gasteiger partial charge is 0.310 e. The Bertz CT molecular complexity index is 1040. The molecule has 0 bridgehead atoms. The van der Waals surface area contributed by atoms with E-state index in [9.17, 15) is 9.59 Å². The van der Waals surface area contributed by atoms with E-state index in [2.05, 4.69) is 26.3 Å². The van der Waals surface area contributed by atoms with Crippen molar-refractivity contribution in [2.45, 2.75) is 26.2 Å². The molecule has 0 unspecified atom stereocenters. The summed E-state index contributed by atoms with van der Waals surface area (Å²) in [4.78, 5) is 25.5. The highest BCUT2D eigenvalue weighted by Gasteiger charge is 2.36. The van der Waals surface area contributed by atoms with Gasteiger partial charge in [0, 0.05) is 22.0 Å². The van der Waals surface area contributed by atoms with Gasteiger partial charge in [0.1, 0.15) is 5.82 Å². The highest BCUT2D eigenvalue weighted by atomic mass is 79.9. The van der Waals surface area contributed by atoms with Gasteiger partial charge in [-0.05, 0) is 38.1 Å². The molecule has 0 saturated heterocycles. The smallest absolute Gasteiger partial charge is 0.226 e. The number of carbonyl (C=O) groups excluding carboxylic acids is 2. The van der Waals surface area contributed by atoms with Gasteiger partial charge < -0.3 is 5.32 Å². The second kappa shape index (κ2) is 6.78. The van der Waals surface area contributed by atoms with Gasteiger partial charge in [-0.15, -0.1) is 0 Å². The summed E-state index contributed by atoms with van der Waals surface area (Å²) >= 11 is 3.38. The van der Waals surface area contributed by atoms with Crippen molar-refractivity contribution in [1.82, 2.24) is 9.78 Å². The summed E-state index contributed by atoms with van der Waals surface area (Å²) in [6.07, 6.45) is 0.127. The molecule has 0 spiro atoms. The minimum absolute atomic E-state index is 0.0647. The predicted octanol–water partition coefficient (Wildman–Crippen LogP) is 4.56. The number of aryl methyl sites for hydroxylation is 2. The maximum Gasteiger partial charge on any atom is 0.226 e. The lowest BCUT2D eigenvalue weighted by molar-refractivity contribution is -0.116. The molecule has 1 aromatic heterocycles. The second-order valence-electron chi connectivity index (χ2n) is 6.77. The first-order valence-corrected chi connectivity index (χ1v) is 9.49. The van der Waals surface area contributed by atoms with Crippen molar-refractivity contribution in [3.63, 3.8) is 0 Å². The second-order valence-corrected chi connectivity index (χ2v) is 7.69. The van der Waals surface area contributed by atoms with Gasteiger partial charge in [0.05, 0.1) is 17.3 Å². The molecule has 2 heterocycles. The maximum atomic E-state index is 13.1. The molecule has 1 aliphatic heterocycles. The average molecular weight is 424 g/mol. The van der Waals surface area contributed by atoms with Crippen LogP contribution in [0.25, 0.3) is 5.69 Å². The summed E-state index contributed by atoms with van der Waals surface area (Å²) in [5, 5.41) is 7.52. The molecule has 1 N–H and O–H groups in total. The van der Waals surface area contributed by atoms with Crippen LogP contribution in [-0.2, 0) is 4.79 Å². The summed E-state index contributed by atoms with van der Waals surface area (Å²) in [5.74, 6) is -0.187. The molecular weight excluding hydrogens is 406 g/mol. The fraction of sp³-hybridized carbons (Fsp3) is 0.190. The van der Waals surface area contributed by atoms with E-state index in [4.69, 9.17) is 0 Å². The van der Waals surface area contributed by atoms with E-state index < -0.39 is 5.92 Å². The molecule has 136 valence electrons. The number of nitrogens with zero attached hydrogens (tertiary/aromatic N) is 2. The first-order chi connectivity index (χ1) is 12.9. The van der Waals surface area contributed by atoms with Crippen LogP contribution < -0.4 is 5.32 Å². The van der Waals surface area contributed by atoms with E-state index in [0.29, 0.717) is 11.4 Å². The van der Waals surface area contributed by atoms with Crippen molar-refractivity contribution in [3.8, 4) is 5.69 Å². The molecule has 1 amide bonds. The van der Waals surface area contributed by atoms with E-state index >= 15 is 0 Å². The Kier molecular flexibility index (Phi) is 4.44. The molecule has 2 aromatic carbocycles. The molecule has 4 rings (SSSR count). The van der Waals surface area contributed by atoms with Crippen LogP contribution in [0.2, 0.25) is 0 Å². The third-order valence-electron chi connectivity index (χ3n) is 4.83. The standard InChI is InChI=1S/C21H18BrN3O2/c1-12-3-9-16(10-4-12)25-21-19(13(2)24-25)17(11-18(26)23-21)20(27)14-5-7-15(22)8-6-14/h3-10,17H,11H2,1-2H3,(H,23,26)/t17-/m0/s1. The van der Waals surface area contributed by atoms with Crippen molar-refractivity contribution in [2.24, 2.45) is 0 Å². The summed E-state index contributed by atoms with van der Waals surface area (Å²) in [5.41, 5.74) is 4.13. The molecule has 3 aromatic rings. The van der Waals surface area contributed by atoms with Crippen LogP contribution in [0, 0.1) is 13.8 Å². The third-order valence-corrected chi connectivity index (χ3v) is 5.35. The number of fused-ring (bicyclic) bond motifs is 1. The van der Waals surface area contributed by atoms with Crippen molar-refractivity contribution < 1.29 is 9.59 Å². The third kappa shape index (κ3) is 3.21. The number of nitrogens with one attached hydrogen (secondary N) is 1. The topological polar surface area (TPSA) is 64.0 Å². The molecule has 27 heavy (non-hydrogen) atoms. The fourth-order valence-corrected chi connectivity index (χ4v) is 3.72. The molecule has 5 nitrogen and oxygen atoms in total. The number of Topliss-reactive ketones (excluding diaryl/α,β-unsaturated/α-hetero) is 1. The van der Waals surface area contributed by atoms with Crippen LogP contribution in [0.4, 0.5) is 5.82 Å². The van der Waals surface area contributed by atoms with Gasteiger partial charge >= 0.3 is 0 Å². The number of benzene rings is 2. The Morgan fingerprint density at radius 3 is 2.44 bits per heavy atom. The number of ketones is 1. The molecular formula is C21H18BrN3O2. The SMILES string of the molecule is Cc1ccc(-n2nc(C)c3c2NC(=O)C[C@@H]3C(=O)c2ccc(Br)cc2)cc1. The predicted molar refractivity (Wildman–Crippen MR) is 107 cm³/mol. The van der Waals surface area contributed by atoms with Crippen LogP contribution in [-0.4, -0.2) is 21.5 Å². The number of amides is 1. The van der Waals surface area contributed by atoms with Crippen LogP contribution in [0.15, 0.2) is 53.0 Å². The average Bonchev–Trinajstić information content (AvgIpc) is 2.98. The van der Waals surface area contributed by atoms with Crippen LogP contribution in [0.1, 0.15) is 39.5 Å². The molecule has 0 aliphatic carbocycles. The van der Waals surface area contributed by atoms with E-state index in [1.54, 1.807) is 16.8 Å². The zero-order valence-corrected chi connectivity index (χ0v) is 16.6. The maximum absolute atomic E-state index is 13.1. The van der Waals surface area contributed by atoms with Crippen molar-refractivity contribution in [2.75, 3.05) is 5.32 Å². The molecule has 6 heteroatoms. The van der Waals surface area contributed by atoms with Gasteiger partial charge in [0.2, 0.25) is 5.91 Å². The summed E-state index contributed by atoms with van der Waals surface area (Å²) in [7, 11) is 0. The van der Waals surface area contributed by atoms with Gasteiger partial charge in [-0.3, -0.25) is 9.59 Å². The molecule has 1 atom stereocenters. The van der Waals surface area contributed by atoms with Crippen LogP contribution >= 0.6 is 15.9 Å². The molecule has 0 saturated carbocycles. The lowest BCUT2D eigenvalue weighted by atomic mass is 9.85. The van der Waals surface area contributed by atoms with Gasteiger partial charge in [-0.25, -0.2) is 4.68 Å². The quantitative estimate of drug-likeness (QED) is 0.627. The number of carbonyl (C=O) groups is 2. The number of rotatable bonds is 3. The molecule has 1 aliphatic rings. The Hall–Kier alpha value is -2.73. The van der Waals surface area contributed by atoms with Crippen molar-refractivity contribution >= 4 is 33.4 Å². The summed E-state index contributed by atoms with van der Waals surface area (Å²) in [6.45, 7) is 3.89. The van der Waals surface area contributed by atoms with Gasteiger partial charge in [0.15, 0.2) is 5.78 Å². The van der Waals surface area contributed by atoms with E-state index in [1.807, 2.05) is 50.2 Å². The normalized spacial score (nSPS) is 16.0. The lowest BCUT2D eigenvalue weighted by Gasteiger charge is -2.23. The zero-order chi connectivity index (χ0) is 19.1. The lowest BCUT2D eigenvalue weighted by Crippen LogP contribution is -2.28. The van der Waals surface area contributed by atoms with E-state index in [-0.39, 0.29) is 18.1 Å². The Labute approximate surface area is 165 Å². The number of aromatic nitrogens is 2. The summed E-state index contributed by atoms with van der Waals surface area (Å²) in [6, 6.07) is 15.1. The Morgan fingerprint density at radius 2 is 1.78 bits per heavy atom. The van der Waals surface area contributed by atoms with Crippen molar-refractivity contribution in [1.29, 1.82) is 0 Å².